The lowest BCUT2D eigenvalue weighted by molar-refractivity contribution is 0.475. The molecule has 0 saturated heterocycles. The van der Waals surface area contributed by atoms with Gasteiger partial charge in [-0.05, 0) is 12.1 Å². The van der Waals surface area contributed by atoms with Crippen molar-refractivity contribution in [2.45, 2.75) is 38.9 Å². The van der Waals surface area contributed by atoms with E-state index in [-0.39, 0.29) is 0 Å². The SMILES string of the molecule is CC[Si](CC)(CC)c1ccc(O)cc1. The molecule has 0 fully saturated rings. The fraction of sp³-hybridized carbons (Fsp3) is 0.500. The van der Waals surface area contributed by atoms with E-state index in [0.29, 0.717) is 5.75 Å². The zero-order chi connectivity index (χ0) is 10.6. The van der Waals surface area contributed by atoms with Gasteiger partial charge in [0.2, 0.25) is 0 Å². The second-order valence-corrected chi connectivity index (χ2v) is 9.15. The third kappa shape index (κ3) is 2.00. The lowest BCUT2D eigenvalue weighted by Crippen LogP contribution is -2.45. The molecular weight excluding hydrogens is 188 g/mol. The second kappa shape index (κ2) is 4.65. The Labute approximate surface area is 87.8 Å². The number of phenols is 1. The summed E-state index contributed by atoms with van der Waals surface area (Å²) in [5, 5.41) is 10.7. The third-order valence-electron chi connectivity index (χ3n) is 3.51. The monoisotopic (exact) mass is 208 g/mol. The van der Waals surface area contributed by atoms with E-state index >= 15 is 0 Å². The van der Waals surface area contributed by atoms with Crippen LogP contribution in [-0.4, -0.2) is 13.2 Å². The summed E-state index contributed by atoms with van der Waals surface area (Å²) in [6.07, 6.45) is 0. The number of benzene rings is 1. The molecule has 0 spiro atoms. The van der Waals surface area contributed by atoms with Gasteiger partial charge < -0.3 is 5.11 Å². The quantitative estimate of drug-likeness (QED) is 0.754. The average molecular weight is 208 g/mol. The topological polar surface area (TPSA) is 20.2 Å². The summed E-state index contributed by atoms with van der Waals surface area (Å²) in [6.45, 7) is 6.89. The molecule has 1 rings (SSSR count). The average Bonchev–Trinajstić information content (AvgIpc) is 2.24. The van der Waals surface area contributed by atoms with Gasteiger partial charge in [-0.15, -0.1) is 0 Å². The largest absolute Gasteiger partial charge is 0.508 e. The molecule has 1 aromatic carbocycles. The smallest absolute Gasteiger partial charge is 0.115 e. The molecule has 1 aromatic rings. The van der Waals surface area contributed by atoms with Crippen LogP contribution >= 0.6 is 0 Å². The molecule has 0 bridgehead atoms. The minimum absolute atomic E-state index is 0.375. The van der Waals surface area contributed by atoms with Crippen molar-refractivity contribution in [1.29, 1.82) is 0 Å². The minimum atomic E-state index is -1.23. The molecule has 0 aromatic heterocycles. The maximum Gasteiger partial charge on any atom is 0.115 e. The molecule has 0 aliphatic carbocycles. The first kappa shape index (κ1) is 11.3. The Morgan fingerprint density at radius 1 is 0.929 bits per heavy atom. The van der Waals surface area contributed by atoms with Crippen LogP contribution in [0.1, 0.15) is 20.8 Å². The van der Waals surface area contributed by atoms with E-state index in [1.807, 2.05) is 12.1 Å². The molecule has 2 heteroatoms. The van der Waals surface area contributed by atoms with Gasteiger partial charge in [-0.2, -0.15) is 0 Å². The van der Waals surface area contributed by atoms with E-state index in [1.165, 1.54) is 23.3 Å². The molecule has 0 aliphatic rings. The molecule has 0 unspecified atom stereocenters. The zero-order valence-electron chi connectivity index (χ0n) is 9.38. The number of hydrogen-bond acceptors (Lipinski definition) is 1. The molecule has 0 heterocycles. The van der Waals surface area contributed by atoms with E-state index in [9.17, 15) is 5.11 Å². The summed E-state index contributed by atoms with van der Waals surface area (Å²) in [7, 11) is -1.23. The second-order valence-electron chi connectivity index (χ2n) is 3.89. The Morgan fingerprint density at radius 3 is 1.71 bits per heavy atom. The van der Waals surface area contributed by atoms with Gasteiger partial charge in [0.25, 0.3) is 0 Å². The molecule has 0 radical (unpaired) electrons. The summed E-state index contributed by atoms with van der Waals surface area (Å²) in [5.74, 6) is 0.375. The van der Waals surface area contributed by atoms with E-state index < -0.39 is 8.07 Å². The van der Waals surface area contributed by atoms with Crippen molar-refractivity contribution in [3.63, 3.8) is 0 Å². The summed E-state index contributed by atoms with van der Waals surface area (Å²) in [6, 6.07) is 11.7. The fourth-order valence-electron chi connectivity index (χ4n) is 2.18. The normalized spacial score (nSPS) is 11.6. The zero-order valence-corrected chi connectivity index (χ0v) is 10.4. The molecule has 1 N–H and O–H groups in total. The Bertz CT molecular complexity index is 267. The molecule has 1 nitrogen and oxygen atoms in total. The minimum Gasteiger partial charge on any atom is -0.508 e. The first-order valence-corrected chi connectivity index (χ1v) is 8.10. The lowest BCUT2D eigenvalue weighted by Gasteiger charge is -2.28. The number of aromatic hydroxyl groups is 1. The van der Waals surface area contributed by atoms with Gasteiger partial charge in [0.15, 0.2) is 0 Å². The maximum atomic E-state index is 9.26. The molecule has 0 aliphatic heterocycles. The van der Waals surface area contributed by atoms with Gasteiger partial charge >= 0.3 is 0 Å². The van der Waals surface area contributed by atoms with Crippen molar-refractivity contribution in [2.75, 3.05) is 0 Å². The van der Waals surface area contributed by atoms with E-state index in [0.717, 1.165) is 0 Å². The number of hydrogen-bond donors (Lipinski definition) is 1. The van der Waals surface area contributed by atoms with Crippen LogP contribution in [0.4, 0.5) is 0 Å². The highest BCUT2D eigenvalue weighted by atomic mass is 28.3. The van der Waals surface area contributed by atoms with Crippen molar-refractivity contribution in [3.05, 3.63) is 24.3 Å². The van der Waals surface area contributed by atoms with Crippen LogP contribution in [0.25, 0.3) is 0 Å². The van der Waals surface area contributed by atoms with Crippen LogP contribution in [0.15, 0.2) is 24.3 Å². The highest BCUT2D eigenvalue weighted by Crippen LogP contribution is 2.20. The number of rotatable bonds is 4. The van der Waals surface area contributed by atoms with Crippen LogP contribution in [0.2, 0.25) is 18.1 Å². The van der Waals surface area contributed by atoms with Crippen molar-refractivity contribution in [3.8, 4) is 5.75 Å². The van der Waals surface area contributed by atoms with E-state index in [1.54, 1.807) is 0 Å². The van der Waals surface area contributed by atoms with Crippen LogP contribution in [0, 0.1) is 0 Å². The maximum absolute atomic E-state index is 9.26. The van der Waals surface area contributed by atoms with Crippen molar-refractivity contribution < 1.29 is 5.11 Å². The molecule has 0 atom stereocenters. The molecule has 78 valence electrons. The first-order valence-electron chi connectivity index (χ1n) is 5.48. The molecule has 0 amide bonds. The van der Waals surface area contributed by atoms with Gasteiger partial charge in [-0.25, -0.2) is 0 Å². The van der Waals surface area contributed by atoms with E-state index in [4.69, 9.17) is 0 Å². The third-order valence-corrected chi connectivity index (χ3v) is 9.13. The summed E-state index contributed by atoms with van der Waals surface area (Å²) in [5.41, 5.74) is 0. The number of phenolic OH excluding ortho intramolecular Hbond substituents is 1. The summed E-state index contributed by atoms with van der Waals surface area (Å²) >= 11 is 0. The fourth-order valence-corrected chi connectivity index (χ4v) is 5.78. The molecular formula is C12H20OSi. The van der Waals surface area contributed by atoms with Gasteiger partial charge in [0, 0.05) is 0 Å². The van der Waals surface area contributed by atoms with Gasteiger partial charge in [-0.3, -0.25) is 0 Å². The van der Waals surface area contributed by atoms with Crippen molar-refractivity contribution in [2.24, 2.45) is 0 Å². The van der Waals surface area contributed by atoms with Crippen LogP contribution in [0.3, 0.4) is 0 Å². The van der Waals surface area contributed by atoms with Crippen LogP contribution in [-0.2, 0) is 0 Å². The summed E-state index contributed by atoms with van der Waals surface area (Å²) in [4.78, 5) is 0. The summed E-state index contributed by atoms with van der Waals surface area (Å²) < 4.78 is 0. The van der Waals surface area contributed by atoms with Gasteiger partial charge in [-0.1, -0.05) is 56.2 Å². The standard InChI is InChI=1S/C12H20OSi/c1-4-14(5-2,6-3)12-9-7-11(13)8-10-12/h7-10,13H,4-6H2,1-3H3. The highest BCUT2D eigenvalue weighted by Gasteiger charge is 2.28. The first-order chi connectivity index (χ1) is 6.68. The Kier molecular flexibility index (Phi) is 3.75. The van der Waals surface area contributed by atoms with Crippen LogP contribution in [0.5, 0.6) is 5.75 Å². The molecule has 14 heavy (non-hydrogen) atoms. The van der Waals surface area contributed by atoms with Crippen LogP contribution < -0.4 is 5.19 Å². The highest BCUT2D eigenvalue weighted by molar-refractivity contribution is 6.91. The van der Waals surface area contributed by atoms with Crippen molar-refractivity contribution in [1.82, 2.24) is 0 Å². The lowest BCUT2D eigenvalue weighted by atomic mass is 10.3. The predicted molar refractivity (Wildman–Crippen MR) is 64.9 cm³/mol. The van der Waals surface area contributed by atoms with Crippen molar-refractivity contribution >= 4 is 13.3 Å². The van der Waals surface area contributed by atoms with E-state index in [2.05, 4.69) is 32.9 Å². The van der Waals surface area contributed by atoms with Gasteiger partial charge in [0.05, 0.1) is 8.07 Å². The Balaban J connectivity index is 3.05. The Morgan fingerprint density at radius 2 is 1.36 bits per heavy atom. The predicted octanol–water partition coefficient (Wildman–Crippen LogP) is 3.11. The Hall–Kier alpha value is -0.763. The van der Waals surface area contributed by atoms with Gasteiger partial charge in [0.1, 0.15) is 5.75 Å². The molecule has 0 saturated carbocycles.